The Morgan fingerprint density at radius 2 is 2.14 bits per heavy atom. The molecule has 0 spiro atoms. The average molecular weight is 417 g/mol. The van der Waals surface area contributed by atoms with E-state index in [1.807, 2.05) is 12.3 Å². The van der Waals surface area contributed by atoms with Gasteiger partial charge in [-0.3, -0.25) is 9.67 Å². The second-order valence-corrected chi connectivity index (χ2v) is 8.07. The molecule has 4 heterocycles. The van der Waals surface area contributed by atoms with E-state index in [4.69, 9.17) is 0 Å². The van der Waals surface area contributed by atoms with Gasteiger partial charge in [-0.05, 0) is 26.0 Å². The SMILES string of the molecule is Cc1csc([C@](C)(O)c2nnc(Nc3ccn(Cc4ncccc4F)n3)s2)n1. The quantitative estimate of drug-likeness (QED) is 0.497. The lowest BCUT2D eigenvalue weighted by Gasteiger charge is -2.16. The monoisotopic (exact) mass is 417 g/mol. The van der Waals surface area contributed by atoms with Crippen LogP contribution in [0.15, 0.2) is 36.0 Å². The Morgan fingerprint density at radius 1 is 1.29 bits per heavy atom. The molecule has 0 amide bonds. The lowest BCUT2D eigenvalue weighted by Crippen LogP contribution is -2.22. The van der Waals surface area contributed by atoms with Crippen molar-refractivity contribution in [2.45, 2.75) is 26.0 Å². The Kier molecular flexibility index (Phi) is 4.87. The molecule has 8 nitrogen and oxygen atoms in total. The number of nitrogens with zero attached hydrogens (tertiary/aromatic N) is 6. The molecule has 1 atom stereocenters. The van der Waals surface area contributed by atoms with Crippen LogP contribution in [0.2, 0.25) is 0 Å². The molecule has 0 aliphatic carbocycles. The molecule has 2 N–H and O–H groups in total. The van der Waals surface area contributed by atoms with Crippen LogP contribution < -0.4 is 5.32 Å². The van der Waals surface area contributed by atoms with E-state index in [1.165, 1.54) is 28.7 Å². The Balaban J connectivity index is 1.47. The molecule has 0 aliphatic heterocycles. The molecule has 4 aromatic rings. The first-order chi connectivity index (χ1) is 13.4. The van der Waals surface area contributed by atoms with Gasteiger partial charge in [0, 0.05) is 29.5 Å². The highest BCUT2D eigenvalue weighted by Crippen LogP contribution is 2.34. The Labute approximate surface area is 167 Å². The average Bonchev–Trinajstić information content (AvgIpc) is 3.39. The number of halogens is 1. The van der Waals surface area contributed by atoms with Crippen molar-refractivity contribution in [3.63, 3.8) is 0 Å². The van der Waals surface area contributed by atoms with Crippen molar-refractivity contribution >= 4 is 33.6 Å². The summed E-state index contributed by atoms with van der Waals surface area (Å²) in [5.74, 6) is 0.157. The maximum Gasteiger partial charge on any atom is 0.211 e. The summed E-state index contributed by atoms with van der Waals surface area (Å²) in [6.07, 6.45) is 3.26. The highest BCUT2D eigenvalue weighted by molar-refractivity contribution is 7.15. The summed E-state index contributed by atoms with van der Waals surface area (Å²) < 4.78 is 15.3. The zero-order valence-corrected chi connectivity index (χ0v) is 16.6. The predicted molar refractivity (Wildman–Crippen MR) is 104 cm³/mol. The second kappa shape index (κ2) is 7.34. The number of thiazole rings is 1. The van der Waals surface area contributed by atoms with Crippen LogP contribution in [0, 0.1) is 12.7 Å². The molecule has 0 saturated carbocycles. The summed E-state index contributed by atoms with van der Waals surface area (Å²) in [5.41, 5.74) is -0.157. The normalized spacial score (nSPS) is 13.4. The van der Waals surface area contributed by atoms with E-state index in [0.717, 1.165) is 5.69 Å². The van der Waals surface area contributed by atoms with E-state index in [0.29, 0.717) is 26.7 Å². The fraction of sp³-hybridized carbons (Fsp3) is 0.235. The van der Waals surface area contributed by atoms with Gasteiger partial charge in [0.1, 0.15) is 10.8 Å². The number of hydrogen-bond acceptors (Lipinski definition) is 9. The molecular weight excluding hydrogens is 401 g/mol. The smallest absolute Gasteiger partial charge is 0.211 e. The van der Waals surface area contributed by atoms with E-state index in [2.05, 4.69) is 30.6 Å². The third kappa shape index (κ3) is 3.77. The van der Waals surface area contributed by atoms with E-state index in [1.54, 1.807) is 36.1 Å². The van der Waals surface area contributed by atoms with Gasteiger partial charge >= 0.3 is 0 Å². The zero-order chi connectivity index (χ0) is 19.7. The van der Waals surface area contributed by atoms with Crippen molar-refractivity contribution in [1.82, 2.24) is 29.9 Å². The minimum absolute atomic E-state index is 0.216. The minimum Gasteiger partial charge on any atom is -0.376 e. The lowest BCUT2D eigenvalue weighted by molar-refractivity contribution is 0.101. The standard InChI is InChI=1S/C17H16FN7OS2/c1-10-9-27-14(20-10)17(2,26)15-22-23-16(28-15)21-13-5-7-25(24-13)8-12-11(18)4-3-6-19-12/h3-7,9,26H,8H2,1-2H3,(H,21,23,24)/t17-/m0/s1. The van der Waals surface area contributed by atoms with Crippen LogP contribution in [0.1, 0.15) is 28.3 Å². The first kappa shape index (κ1) is 18.6. The molecule has 0 bridgehead atoms. The molecule has 144 valence electrons. The first-order valence-electron chi connectivity index (χ1n) is 8.30. The number of aryl methyl sites for hydroxylation is 1. The molecule has 0 unspecified atom stereocenters. The third-order valence-electron chi connectivity index (χ3n) is 3.90. The van der Waals surface area contributed by atoms with Crippen molar-refractivity contribution in [2.24, 2.45) is 0 Å². The number of hydrogen-bond donors (Lipinski definition) is 2. The van der Waals surface area contributed by atoms with Crippen LogP contribution in [0.25, 0.3) is 0 Å². The van der Waals surface area contributed by atoms with Gasteiger partial charge in [0.2, 0.25) is 5.13 Å². The second-order valence-electron chi connectivity index (χ2n) is 6.23. The van der Waals surface area contributed by atoms with Gasteiger partial charge in [-0.25, -0.2) is 9.37 Å². The van der Waals surface area contributed by atoms with Crippen molar-refractivity contribution in [1.29, 1.82) is 0 Å². The minimum atomic E-state index is -1.31. The number of pyridine rings is 1. The summed E-state index contributed by atoms with van der Waals surface area (Å²) in [5, 5.41) is 29.7. The van der Waals surface area contributed by atoms with Crippen molar-refractivity contribution in [3.05, 3.63) is 63.2 Å². The Hall–Kier alpha value is -2.76. The van der Waals surface area contributed by atoms with Crippen LogP contribution in [0.4, 0.5) is 15.3 Å². The van der Waals surface area contributed by atoms with Crippen LogP contribution in [-0.4, -0.2) is 35.1 Å². The fourth-order valence-electron chi connectivity index (χ4n) is 2.45. The van der Waals surface area contributed by atoms with Crippen molar-refractivity contribution in [3.8, 4) is 0 Å². The van der Waals surface area contributed by atoms with Gasteiger partial charge in [0.15, 0.2) is 16.4 Å². The van der Waals surface area contributed by atoms with Crippen LogP contribution in [0.5, 0.6) is 0 Å². The summed E-state index contributed by atoms with van der Waals surface area (Å²) in [7, 11) is 0. The molecule has 4 aromatic heterocycles. The summed E-state index contributed by atoms with van der Waals surface area (Å²) in [4.78, 5) is 8.36. The third-order valence-corrected chi connectivity index (χ3v) is 6.12. The molecule has 28 heavy (non-hydrogen) atoms. The maximum atomic E-state index is 13.7. The van der Waals surface area contributed by atoms with Gasteiger partial charge < -0.3 is 10.4 Å². The topological polar surface area (TPSA) is 102 Å². The van der Waals surface area contributed by atoms with Crippen molar-refractivity contribution in [2.75, 3.05) is 5.32 Å². The number of aliphatic hydroxyl groups is 1. The summed E-state index contributed by atoms with van der Waals surface area (Å²) in [6, 6.07) is 4.65. The highest BCUT2D eigenvalue weighted by atomic mass is 32.1. The number of aromatic nitrogens is 6. The molecule has 0 fully saturated rings. The van der Waals surface area contributed by atoms with Crippen LogP contribution in [-0.2, 0) is 12.1 Å². The van der Waals surface area contributed by atoms with Gasteiger partial charge in [0.05, 0.1) is 12.2 Å². The first-order valence-corrected chi connectivity index (χ1v) is 10.0. The molecule has 0 aromatic carbocycles. The number of rotatable bonds is 6. The van der Waals surface area contributed by atoms with E-state index in [9.17, 15) is 9.50 Å². The number of anilines is 2. The molecule has 11 heteroatoms. The van der Waals surface area contributed by atoms with Gasteiger partial charge in [0.25, 0.3) is 0 Å². The maximum absolute atomic E-state index is 13.7. The highest BCUT2D eigenvalue weighted by Gasteiger charge is 2.33. The molecular formula is C17H16FN7OS2. The van der Waals surface area contributed by atoms with E-state index >= 15 is 0 Å². The van der Waals surface area contributed by atoms with Gasteiger partial charge in [-0.1, -0.05) is 11.3 Å². The lowest BCUT2D eigenvalue weighted by atomic mass is 10.1. The van der Waals surface area contributed by atoms with Crippen LogP contribution >= 0.6 is 22.7 Å². The molecule has 0 aliphatic rings. The van der Waals surface area contributed by atoms with Gasteiger partial charge in [-0.2, -0.15) is 5.10 Å². The molecule has 4 rings (SSSR count). The summed E-state index contributed by atoms with van der Waals surface area (Å²) in [6.45, 7) is 3.73. The molecule has 0 saturated heterocycles. The number of nitrogens with one attached hydrogen (secondary N) is 1. The van der Waals surface area contributed by atoms with E-state index < -0.39 is 5.60 Å². The molecule has 0 radical (unpaired) electrons. The largest absolute Gasteiger partial charge is 0.376 e. The summed E-state index contributed by atoms with van der Waals surface area (Å²) >= 11 is 2.59. The Morgan fingerprint density at radius 3 is 2.89 bits per heavy atom. The van der Waals surface area contributed by atoms with E-state index in [-0.39, 0.29) is 12.4 Å². The fourth-order valence-corrected chi connectivity index (χ4v) is 4.17. The Bertz CT molecular complexity index is 1100. The predicted octanol–water partition coefficient (Wildman–Crippen LogP) is 3.08. The van der Waals surface area contributed by atoms with Crippen molar-refractivity contribution < 1.29 is 9.50 Å². The van der Waals surface area contributed by atoms with Crippen LogP contribution in [0.3, 0.4) is 0 Å². The zero-order valence-electron chi connectivity index (χ0n) is 15.0. The van der Waals surface area contributed by atoms with Gasteiger partial charge in [-0.15, -0.1) is 21.5 Å².